The molecule has 0 radical (unpaired) electrons. The SMILES string of the molecule is CCOC(=O)Cc1ccn(-c2cc(S(C)(=O)=O)cc(-c3ccc(C)cc3)c2C)c1. The topological polar surface area (TPSA) is 65.4 Å². The molecule has 3 rings (SSSR count). The number of nitrogens with zero attached hydrogens (tertiary/aromatic N) is 1. The number of aromatic nitrogens is 1. The Morgan fingerprint density at radius 1 is 1.07 bits per heavy atom. The van der Waals surface area contributed by atoms with Gasteiger partial charge in [-0.3, -0.25) is 4.79 Å². The largest absolute Gasteiger partial charge is 0.466 e. The number of carbonyl (C=O) groups is 1. The Hall–Kier alpha value is -2.86. The fourth-order valence-corrected chi connectivity index (χ4v) is 3.92. The zero-order valence-corrected chi connectivity index (χ0v) is 17.9. The Bertz CT molecular complexity index is 1140. The summed E-state index contributed by atoms with van der Waals surface area (Å²) < 4.78 is 31.5. The van der Waals surface area contributed by atoms with Crippen molar-refractivity contribution in [2.24, 2.45) is 0 Å². The molecule has 2 aromatic carbocycles. The van der Waals surface area contributed by atoms with Crippen molar-refractivity contribution in [3.05, 3.63) is 71.5 Å². The van der Waals surface area contributed by atoms with Gasteiger partial charge >= 0.3 is 5.97 Å². The molecule has 6 heteroatoms. The van der Waals surface area contributed by atoms with Gasteiger partial charge in [0.2, 0.25) is 0 Å². The second-order valence-electron chi connectivity index (χ2n) is 7.16. The highest BCUT2D eigenvalue weighted by Gasteiger charge is 2.16. The molecule has 29 heavy (non-hydrogen) atoms. The molecule has 0 aliphatic rings. The summed E-state index contributed by atoms with van der Waals surface area (Å²) in [5, 5.41) is 0. The lowest BCUT2D eigenvalue weighted by molar-refractivity contribution is -0.142. The monoisotopic (exact) mass is 411 g/mol. The third kappa shape index (κ3) is 4.77. The number of hydrogen-bond acceptors (Lipinski definition) is 4. The first-order valence-corrected chi connectivity index (χ1v) is 11.3. The molecule has 0 aliphatic carbocycles. The van der Waals surface area contributed by atoms with Crippen molar-refractivity contribution >= 4 is 15.8 Å². The van der Waals surface area contributed by atoms with Crippen LogP contribution < -0.4 is 0 Å². The van der Waals surface area contributed by atoms with Gasteiger partial charge in [0.25, 0.3) is 0 Å². The number of aryl methyl sites for hydroxylation is 1. The Kier molecular flexibility index (Phi) is 5.94. The fourth-order valence-electron chi connectivity index (χ4n) is 3.26. The van der Waals surface area contributed by atoms with Crippen molar-refractivity contribution in [3.8, 4) is 16.8 Å². The van der Waals surface area contributed by atoms with Crippen molar-refractivity contribution in [1.82, 2.24) is 4.57 Å². The van der Waals surface area contributed by atoms with Gasteiger partial charge in [-0.15, -0.1) is 0 Å². The number of carbonyl (C=O) groups excluding carboxylic acids is 1. The van der Waals surface area contributed by atoms with Crippen LogP contribution in [0.4, 0.5) is 0 Å². The first-order chi connectivity index (χ1) is 13.7. The van der Waals surface area contributed by atoms with E-state index in [4.69, 9.17) is 4.74 Å². The highest BCUT2D eigenvalue weighted by molar-refractivity contribution is 7.90. The number of ether oxygens (including phenoxy) is 1. The van der Waals surface area contributed by atoms with Crippen LogP contribution in [-0.4, -0.2) is 31.8 Å². The Balaban J connectivity index is 2.11. The summed E-state index contributed by atoms with van der Waals surface area (Å²) in [6, 6.07) is 13.3. The number of benzene rings is 2. The van der Waals surface area contributed by atoms with Gasteiger partial charge in [-0.1, -0.05) is 29.8 Å². The van der Waals surface area contributed by atoms with Gasteiger partial charge in [-0.2, -0.15) is 0 Å². The van der Waals surface area contributed by atoms with Crippen LogP contribution in [0.15, 0.2) is 59.8 Å². The second-order valence-corrected chi connectivity index (χ2v) is 9.18. The number of esters is 1. The quantitative estimate of drug-likeness (QED) is 0.568. The summed E-state index contributed by atoms with van der Waals surface area (Å²) in [7, 11) is -3.40. The van der Waals surface area contributed by atoms with Crippen LogP contribution in [0.25, 0.3) is 16.8 Å². The molecule has 0 saturated carbocycles. The predicted octanol–water partition coefficient (Wildman–Crippen LogP) is 4.27. The van der Waals surface area contributed by atoms with Crippen molar-refractivity contribution in [2.45, 2.75) is 32.1 Å². The predicted molar refractivity (Wildman–Crippen MR) is 114 cm³/mol. The highest BCUT2D eigenvalue weighted by Crippen LogP contribution is 2.32. The number of hydrogen-bond donors (Lipinski definition) is 0. The van der Waals surface area contributed by atoms with E-state index in [9.17, 15) is 13.2 Å². The van der Waals surface area contributed by atoms with E-state index in [1.165, 1.54) is 6.26 Å². The van der Waals surface area contributed by atoms with E-state index >= 15 is 0 Å². The maximum absolute atomic E-state index is 12.3. The molecule has 1 aromatic heterocycles. The van der Waals surface area contributed by atoms with Crippen LogP contribution in [0, 0.1) is 13.8 Å². The van der Waals surface area contributed by atoms with Gasteiger partial charge < -0.3 is 9.30 Å². The van der Waals surface area contributed by atoms with E-state index in [-0.39, 0.29) is 17.3 Å². The third-order valence-electron chi connectivity index (χ3n) is 4.83. The van der Waals surface area contributed by atoms with Crippen molar-refractivity contribution in [3.63, 3.8) is 0 Å². The summed E-state index contributed by atoms with van der Waals surface area (Å²) in [4.78, 5) is 12.0. The molecule has 0 N–H and O–H groups in total. The minimum absolute atomic E-state index is 0.177. The van der Waals surface area contributed by atoms with E-state index in [1.54, 1.807) is 19.1 Å². The second kappa shape index (κ2) is 8.25. The van der Waals surface area contributed by atoms with Crippen LogP contribution >= 0.6 is 0 Å². The minimum Gasteiger partial charge on any atom is -0.466 e. The van der Waals surface area contributed by atoms with E-state index in [1.807, 2.05) is 61.1 Å². The highest BCUT2D eigenvalue weighted by atomic mass is 32.2. The summed E-state index contributed by atoms with van der Waals surface area (Å²) in [5.41, 5.74) is 5.49. The molecule has 0 atom stereocenters. The molecule has 0 fully saturated rings. The van der Waals surface area contributed by atoms with E-state index < -0.39 is 9.84 Å². The first-order valence-electron chi connectivity index (χ1n) is 9.43. The molecule has 0 amide bonds. The molecule has 0 bridgehead atoms. The van der Waals surface area contributed by atoms with Gasteiger partial charge in [0.15, 0.2) is 9.84 Å². The standard InChI is InChI=1S/C23H25NO4S/c1-5-28-23(25)12-18-10-11-24(15-18)22-14-20(29(4,26)27)13-21(17(22)3)19-8-6-16(2)7-9-19/h6-11,13-15H,5,12H2,1-4H3. The summed E-state index contributed by atoms with van der Waals surface area (Å²) in [5.74, 6) is -0.285. The molecule has 0 saturated heterocycles. The Morgan fingerprint density at radius 2 is 1.76 bits per heavy atom. The third-order valence-corrected chi connectivity index (χ3v) is 5.92. The van der Waals surface area contributed by atoms with E-state index in [0.29, 0.717) is 6.61 Å². The number of sulfone groups is 1. The average Bonchev–Trinajstić information content (AvgIpc) is 3.10. The summed E-state index contributed by atoms with van der Waals surface area (Å²) in [6.07, 6.45) is 5.06. The molecule has 152 valence electrons. The molecule has 0 unspecified atom stereocenters. The lowest BCUT2D eigenvalue weighted by Crippen LogP contribution is -2.07. The molecule has 3 aromatic rings. The van der Waals surface area contributed by atoms with Crippen LogP contribution in [0.3, 0.4) is 0 Å². The smallest absolute Gasteiger partial charge is 0.310 e. The van der Waals surface area contributed by atoms with Gasteiger partial charge in [0.05, 0.1) is 17.9 Å². The van der Waals surface area contributed by atoms with Crippen LogP contribution in [0.1, 0.15) is 23.6 Å². The lowest BCUT2D eigenvalue weighted by Gasteiger charge is -2.15. The molecule has 5 nitrogen and oxygen atoms in total. The van der Waals surface area contributed by atoms with Gasteiger partial charge in [0, 0.05) is 24.3 Å². The zero-order valence-electron chi connectivity index (χ0n) is 17.1. The molecule has 0 aliphatic heterocycles. The molecule has 1 heterocycles. The Morgan fingerprint density at radius 3 is 2.38 bits per heavy atom. The van der Waals surface area contributed by atoms with Crippen LogP contribution in [-0.2, 0) is 25.8 Å². The Labute approximate surface area is 171 Å². The average molecular weight is 412 g/mol. The fraction of sp³-hybridized carbons (Fsp3) is 0.261. The zero-order chi connectivity index (χ0) is 21.2. The van der Waals surface area contributed by atoms with Crippen LogP contribution in [0.2, 0.25) is 0 Å². The summed E-state index contributed by atoms with van der Waals surface area (Å²) >= 11 is 0. The van der Waals surface area contributed by atoms with Gasteiger partial charge in [0.1, 0.15) is 0 Å². The summed E-state index contributed by atoms with van der Waals surface area (Å²) in [6.45, 7) is 6.10. The molecule has 0 spiro atoms. The minimum atomic E-state index is -3.40. The molecular formula is C23H25NO4S. The first kappa shape index (κ1) is 20.9. The van der Waals surface area contributed by atoms with E-state index in [2.05, 4.69) is 0 Å². The van der Waals surface area contributed by atoms with Crippen molar-refractivity contribution < 1.29 is 17.9 Å². The number of rotatable bonds is 6. The maximum atomic E-state index is 12.3. The van der Waals surface area contributed by atoms with Crippen molar-refractivity contribution in [2.75, 3.05) is 12.9 Å². The lowest BCUT2D eigenvalue weighted by atomic mass is 9.98. The van der Waals surface area contributed by atoms with Gasteiger partial charge in [-0.05, 0) is 61.2 Å². The normalized spacial score (nSPS) is 11.4. The van der Waals surface area contributed by atoms with E-state index in [0.717, 1.165) is 33.5 Å². The maximum Gasteiger partial charge on any atom is 0.310 e. The molecular weight excluding hydrogens is 386 g/mol. The van der Waals surface area contributed by atoms with Gasteiger partial charge in [-0.25, -0.2) is 8.42 Å². The van der Waals surface area contributed by atoms with Crippen LogP contribution in [0.5, 0.6) is 0 Å². The van der Waals surface area contributed by atoms with Crippen molar-refractivity contribution in [1.29, 1.82) is 0 Å².